The summed E-state index contributed by atoms with van der Waals surface area (Å²) < 4.78 is 96.1. The molecule has 28 heavy (non-hydrogen) atoms. The summed E-state index contributed by atoms with van der Waals surface area (Å²) in [5, 5.41) is 0. The number of amides is 2. The van der Waals surface area contributed by atoms with Crippen LogP contribution in [0.15, 0.2) is 24.3 Å². The molecule has 1 heterocycles. The van der Waals surface area contributed by atoms with Crippen molar-refractivity contribution in [1.82, 2.24) is 4.90 Å². The first-order valence-corrected chi connectivity index (χ1v) is 7.72. The van der Waals surface area contributed by atoms with E-state index in [0.717, 1.165) is 12.1 Å². The number of hydrogen-bond donors (Lipinski definition) is 0. The highest BCUT2D eigenvalue weighted by molar-refractivity contribution is 6.22. The van der Waals surface area contributed by atoms with Crippen LogP contribution >= 0.6 is 0 Å². The average molecular weight is 415 g/mol. The first-order valence-electron chi connectivity index (χ1n) is 7.72. The van der Waals surface area contributed by atoms with E-state index < -0.39 is 54.9 Å². The van der Waals surface area contributed by atoms with Gasteiger partial charge in [-0.05, 0) is 19.1 Å². The van der Waals surface area contributed by atoms with E-state index in [1.165, 1.54) is 19.1 Å². The summed E-state index contributed by atoms with van der Waals surface area (Å²) in [5.41, 5.74) is -6.54. The minimum atomic E-state index is -6.46. The van der Waals surface area contributed by atoms with Gasteiger partial charge in [-0.2, -0.15) is 26.3 Å². The summed E-state index contributed by atoms with van der Waals surface area (Å²) in [6, 6.07) is 1.98. The number of ether oxygens (including phenoxy) is 1. The molecule has 0 aromatic heterocycles. The maximum atomic E-state index is 14.2. The first-order chi connectivity index (χ1) is 12.8. The van der Waals surface area contributed by atoms with E-state index in [1.54, 1.807) is 0 Å². The lowest BCUT2D eigenvalue weighted by molar-refractivity contribution is -0.344. The quantitative estimate of drug-likeness (QED) is 0.420. The number of alkyl halides is 7. The van der Waals surface area contributed by atoms with Crippen molar-refractivity contribution in [2.45, 2.75) is 37.4 Å². The van der Waals surface area contributed by atoms with Gasteiger partial charge in [-0.15, -0.1) is 0 Å². The lowest BCUT2D eigenvalue weighted by Crippen LogP contribution is -2.59. The van der Waals surface area contributed by atoms with Gasteiger partial charge in [-0.1, -0.05) is 12.1 Å². The van der Waals surface area contributed by atoms with Crippen molar-refractivity contribution in [3.8, 4) is 0 Å². The highest BCUT2D eigenvalue weighted by Gasteiger charge is 2.73. The Bertz CT molecular complexity index is 754. The number of benzene rings is 1. The molecule has 1 aromatic carbocycles. The van der Waals surface area contributed by atoms with Crippen LogP contribution in [0.1, 0.15) is 34.1 Å². The Morgan fingerprint density at radius 3 is 1.75 bits per heavy atom. The largest absolute Gasteiger partial charge is 0.464 e. The molecule has 5 nitrogen and oxygen atoms in total. The lowest BCUT2D eigenvalue weighted by Gasteiger charge is -2.34. The second kappa shape index (κ2) is 7.06. The molecule has 0 spiro atoms. The van der Waals surface area contributed by atoms with Crippen LogP contribution in [0.2, 0.25) is 0 Å². The van der Waals surface area contributed by atoms with Gasteiger partial charge in [0.1, 0.15) is 6.04 Å². The van der Waals surface area contributed by atoms with Crippen molar-refractivity contribution in [3.63, 3.8) is 0 Å². The molecule has 2 rings (SSSR count). The van der Waals surface area contributed by atoms with Gasteiger partial charge in [0.2, 0.25) is 0 Å². The van der Waals surface area contributed by atoms with Crippen LogP contribution in [0, 0.1) is 0 Å². The Morgan fingerprint density at radius 2 is 1.39 bits per heavy atom. The summed E-state index contributed by atoms with van der Waals surface area (Å²) in [5.74, 6) is -4.43. The highest BCUT2D eigenvalue weighted by atomic mass is 19.4. The molecule has 1 aliphatic rings. The maximum Gasteiger partial charge on any atom is 0.431 e. The van der Waals surface area contributed by atoms with Crippen molar-refractivity contribution in [2.24, 2.45) is 0 Å². The van der Waals surface area contributed by atoms with Gasteiger partial charge in [0, 0.05) is 6.42 Å². The predicted molar refractivity (Wildman–Crippen MR) is 77.9 cm³/mol. The standard InChI is InChI=1S/C16H12F7NO4/c1-2-28-13(27)10(7-14(17,15(18,19)20)16(21,22)23)24-11(25)8-5-3-4-6-9(8)12(24)26/h3-6,10H,2,7H2,1H3. The molecule has 1 aliphatic heterocycles. The number of halogens is 7. The molecule has 12 heteroatoms. The molecule has 0 bridgehead atoms. The Kier molecular flexibility index (Phi) is 5.46. The van der Waals surface area contributed by atoms with Gasteiger partial charge in [0.05, 0.1) is 17.7 Å². The molecule has 1 unspecified atom stereocenters. The smallest absolute Gasteiger partial charge is 0.431 e. The predicted octanol–water partition coefficient (Wildman–Crippen LogP) is 3.44. The highest BCUT2D eigenvalue weighted by Crippen LogP contribution is 2.49. The summed E-state index contributed by atoms with van der Waals surface area (Å²) in [6.07, 6.45) is -15.5. The summed E-state index contributed by atoms with van der Waals surface area (Å²) in [4.78, 5) is 36.6. The number of rotatable bonds is 5. The third-order valence-electron chi connectivity index (χ3n) is 4.07. The number of carbonyl (C=O) groups excluding carboxylic acids is 3. The van der Waals surface area contributed by atoms with Crippen LogP contribution in [-0.4, -0.2) is 53.4 Å². The summed E-state index contributed by atoms with van der Waals surface area (Å²) in [6.45, 7) is 0.698. The molecule has 0 saturated heterocycles. The van der Waals surface area contributed by atoms with Crippen molar-refractivity contribution in [2.75, 3.05) is 6.61 Å². The summed E-state index contributed by atoms with van der Waals surface area (Å²) >= 11 is 0. The molecular weight excluding hydrogens is 403 g/mol. The van der Waals surface area contributed by atoms with Gasteiger partial charge < -0.3 is 4.74 Å². The van der Waals surface area contributed by atoms with Crippen molar-refractivity contribution < 1.29 is 49.9 Å². The fourth-order valence-corrected chi connectivity index (χ4v) is 2.67. The van der Waals surface area contributed by atoms with Gasteiger partial charge >= 0.3 is 24.0 Å². The molecular formula is C16H12F7NO4. The molecule has 2 amide bonds. The van der Waals surface area contributed by atoms with Gasteiger partial charge in [-0.3, -0.25) is 14.5 Å². The van der Waals surface area contributed by atoms with Gasteiger partial charge in [0.15, 0.2) is 0 Å². The number of imide groups is 1. The van der Waals surface area contributed by atoms with Crippen molar-refractivity contribution in [1.29, 1.82) is 0 Å². The van der Waals surface area contributed by atoms with Crippen molar-refractivity contribution >= 4 is 17.8 Å². The van der Waals surface area contributed by atoms with Crippen LogP contribution in [0.3, 0.4) is 0 Å². The Hall–Kier alpha value is -2.66. The Labute approximate surface area is 153 Å². The maximum absolute atomic E-state index is 14.2. The fourth-order valence-electron chi connectivity index (χ4n) is 2.67. The van der Waals surface area contributed by atoms with E-state index in [1.807, 2.05) is 0 Å². The third kappa shape index (κ3) is 3.42. The molecule has 0 N–H and O–H groups in total. The second-order valence-electron chi connectivity index (χ2n) is 5.79. The first kappa shape index (κ1) is 21.6. The molecule has 0 radical (unpaired) electrons. The van der Waals surface area contributed by atoms with Gasteiger partial charge in [-0.25, -0.2) is 9.18 Å². The Balaban J connectivity index is 2.54. The van der Waals surface area contributed by atoms with Crippen LogP contribution in [0.5, 0.6) is 0 Å². The van der Waals surface area contributed by atoms with Crippen LogP contribution < -0.4 is 0 Å². The van der Waals surface area contributed by atoms with E-state index in [2.05, 4.69) is 4.74 Å². The number of hydrogen-bond acceptors (Lipinski definition) is 4. The summed E-state index contributed by atoms with van der Waals surface area (Å²) in [7, 11) is 0. The van der Waals surface area contributed by atoms with E-state index >= 15 is 0 Å². The molecule has 1 aromatic rings. The minimum Gasteiger partial charge on any atom is -0.464 e. The molecule has 0 aliphatic carbocycles. The minimum absolute atomic E-state index is 0.130. The monoisotopic (exact) mass is 415 g/mol. The number of nitrogens with zero attached hydrogens (tertiary/aromatic N) is 1. The fraction of sp³-hybridized carbons (Fsp3) is 0.438. The SMILES string of the molecule is CCOC(=O)C(CC(F)(C(F)(F)F)C(F)(F)F)N1C(=O)c2ccccc2C1=O. The third-order valence-corrected chi connectivity index (χ3v) is 4.07. The molecule has 154 valence electrons. The zero-order valence-corrected chi connectivity index (χ0v) is 14.0. The number of fused-ring (bicyclic) bond motifs is 1. The van der Waals surface area contributed by atoms with E-state index in [4.69, 9.17) is 0 Å². The van der Waals surface area contributed by atoms with Crippen LogP contribution in [0.4, 0.5) is 30.7 Å². The second-order valence-corrected chi connectivity index (χ2v) is 5.79. The van der Waals surface area contributed by atoms with Crippen LogP contribution in [0.25, 0.3) is 0 Å². The molecule has 0 fully saturated rings. The average Bonchev–Trinajstić information content (AvgIpc) is 2.82. The molecule has 0 saturated carbocycles. The topological polar surface area (TPSA) is 63.7 Å². The molecule has 1 atom stereocenters. The van der Waals surface area contributed by atoms with E-state index in [-0.39, 0.29) is 16.0 Å². The van der Waals surface area contributed by atoms with E-state index in [0.29, 0.717) is 0 Å². The van der Waals surface area contributed by atoms with Crippen LogP contribution in [-0.2, 0) is 9.53 Å². The van der Waals surface area contributed by atoms with Gasteiger partial charge in [0.25, 0.3) is 11.8 Å². The van der Waals surface area contributed by atoms with Crippen molar-refractivity contribution in [3.05, 3.63) is 35.4 Å². The lowest BCUT2D eigenvalue weighted by atomic mass is 9.94. The zero-order valence-electron chi connectivity index (χ0n) is 14.0. The number of carbonyl (C=O) groups is 3. The normalized spacial score (nSPS) is 16.2. The van der Waals surface area contributed by atoms with E-state index in [9.17, 15) is 45.1 Å². The Morgan fingerprint density at radius 1 is 0.964 bits per heavy atom. The zero-order chi connectivity index (χ0) is 21.5. The number of esters is 1.